The van der Waals surface area contributed by atoms with Gasteiger partial charge in [0.15, 0.2) is 10.3 Å². The van der Waals surface area contributed by atoms with Crippen LogP contribution in [0.3, 0.4) is 0 Å². The summed E-state index contributed by atoms with van der Waals surface area (Å²) >= 11 is 7.24. The number of aromatic nitrogens is 1. The molecule has 0 aliphatic carbocycles. The number of nitrogens with zero attached hydrogens (tertiary/aromatic N) is 3. The van der Waals surface area contributed by atoms with Crippen LogP contribution in [-0.4, -0.2) is 34.2 Å². The molecular formula is C16H25ClN4O3S. The normalized spacial score (nSPS) is 20.9. The van der Waals surface area contributed by atoms with Gasteiger partial charge in [0.1, 0.15) is 6.23 Å². The molecule has 1 aliphatic heterocycles. The first-order valence-electron chi connectivity index (χ1n) is 8.62. The van der Waals surface area contributed by atoms with E-state index in [1.165, 1.54) is 11.3 Å². The highest BCUT2D eigenvalue weighted by molar-refractivity contribution is 7.15. The van der Waals surface area contributed by atoms with E-state index in [4.69, 9.17) is 16.3 Å². The SMILES string of the molecule is CCCOC1CC(CC)C([N+](=O)[O-])=C(NCc2cnc(Cl)s2)N1CC. The first kappa shape index (κ1) is 19.9. The lowest BCUT2D eigenvalue weighted by Gasteiger charge is -2.39. The molecule has 0 fully saturated rings. The third-order valence-corrected chi connectivity index (χ3v) is 5.37. The molecule has 0 bridgehead atoms. The Bertz CT molecular complexity index is 622. The molecule has 7 nitrogen and oxygen atoms in total. The molecule has 2 unspecified atom stereocenters. The highest BCUT2D eigenvalue weighted by Gasteiger charge is 2.40. The molecule has 0 saturated heterocycles. The van der Waals surface area contributed by atoms with E-state index in [-0.39, 0.29) is 22.8 Å². The zero-order valence-electron chi connectivity index (χ0n) is 14.8. The molecule has 2 heterocycles. The summed E-state index contributed by atoms with van der Waals surface area (Å²) in [5, 5.41) is 15.0. The Balaban J connectivity index is 2.31. The molecule has 2 rings (SSSR count). The van der Waals surface area contributed by atoms with E-state index in [1.54, 1.807) is 6.20 Å². The fourth-order valence-electron chi connectivity index (χ4n) is 3.06. The summed E-state index contributed by atoms with van der Waals surface area (Å²) in [7, 11) is 0. The van der Waals surface area contributed by atoms with Crippen LogP contribution in [-0.2, 0) is 11.3 Å². The van der Waals surface area contributed by atoms with Gasteiger partial charge < -0.3 is 15.0 Å². The zero-order valence-corrected chi connectivity index (χ0v) is 16.4. The Morgan fingerprint density at radius 1 is 1.52 bits per heavy atom. The van der Waals surface area contributed by atoms with Crippen LogP contribution in [0.25, 0.3) is 0 Å². The standard InChI is InChI=1S/C16H25ClN4O3S/c1-4-7-24-13-8-11(5-2)14(21(22)23)15(20(13)6-3)18-9-12-10-19-16(17)25-12/h10-11,13,18H,4-9H2,1-3H3. The average Bonchev–Trinajstić information content (AvgIpc) is 3.01. The molecule has 1 aliphatic rings. The second kappa shape index (κ2) is 9.35. The van der Waals surface area contributed by atoms with E-state index in [0.717, 1.165) is 11.3 Å². The quantitative estimate of drug-likeness (QED) is 0.511. The number of halogens is 1. The van der Waals surface area contributed by atoms with Gasteiger partial charge in [-0.2, -0.15) is 0 Å². The van der Waals surface area contributed by atoms with Crippen molar-refractivity contribution < 1.29 is 9.66 Å². The number of rotatable bonds is 9. The van der Waals surface area contributed by atoms with Gasteiger partial charge in [-0.1, -0.05) is 25.4 Å². The summed E-state index contributed by atoms with van der Waals surface area (Å²) in [5.41, 5.74) is 0.247. The second-order valence-corrected chi connectivity index (χ2v) is 7.57. The Morgan fingerprint density at radius 3 is 2.80 bits per heavy atom. The van der Waals surface area contributed by atoms with Gasteiger partial charge in [0.2, 0.25) is 0 Å². The Labute approximate surface area is 157 Å². The minimum absolute atomic E-state index is 0.132. The Kier molecular flexibility index (Phi) is 7.46. The number of ether oxygens (including phenoxy) is 1. The molecule has 0 amide bonds. The van der Waals surface area contributed by atoms with Crippen LogP contribution in [0.4, 0.5) is 0 Å². The van der Waals surface area contributed by atoms with Gasteiger partial charge in [0.05, 0.1) is 17.4 Å². The minimum Gasteiger partial charge on any atom is -0.361 e. The fraction of sp³-hybridized carbons (Fsp3) is 0.688. The molecule has 1 N–H and O–H groups in total. The summed E-state index contributed by atoms with van der Waals surface area (Å²) in [6, 6.07) is 0. The van der Waals surface area contributed by atoms with Crippen LogP contribution in [0.2, 0.25) is 4.47 Å². The maximum atomic E-state index is 11.7. The predicted molar refractivity (Wildman–Crippen MR) is 98.8 cm³/mol. The van der Waals surface area contributed by atoms with E-state index >= 15 is 0 Å². The molecule has 1 aromatic heterocycles. The molecule has 0 spiro atoms. The number of hydrogen-bond donors (Lipinski definition) is 1. The lowest BCUT2D eigenvalue weighted by Crippen LogP contribution is -2.48. The predicted octanol–water partition coefficient (Wildman–Crippen LogP) is 3.84. The second-order valence-electron chi connectivity index (χ2n) is 5.88. The van der Waals surface area contributed by atoms with Crippen LogP contribution in [0.5, 0.6) is 0 Å². The van der Waals surface area contributed by atoms with Gasteiger partial charge in [-0.15, -0.1) is 11.3 Å². The van der Waals surface area contributed by atoms with E-state index in [2.05, 4.69) is 17.2 Å². The zero-order chi connectivity index (χ0) is 18.4. The van der Waals surface area contributed by atoms with Crippen molar-refractivity contribution in [1.82, 2.24) is 15.2 Å². The third-order valence-electron chi connectivity index (χ3n) is 4.25. The average molecular weight is 389 g/mol. The topological polar surface area (TPSA) is 80.5 Å². The van der Waals surface area contributed by atoms with Crippen molar-refractivity contribution in [2.45, 2.75) is 52.8 Å². The monoisotopic (exact) mass is 388 g/mol. The number of allylic oxidation sites excluding steroid dienone is 1. The molecule has 0 radical (unpaired) electrons. The summed E-state index contributed by atoms with van der Waals surface area (Å²) in [6.07, 6.45) is 3.80. The molecular weight excluding hydrogens is 364 g/mol. The first-order chi connectivity index (χ1) is 12.0. The highest BCUT2D eigenvalue weighted by atomic mass is 35.5. The van der Waals surface area contributed by atoms with Crippen molar-refractivity contribution >= 4 is 22.9 Å². The lowest BCUT2D eigenvalue weighted by molar-refractivity contribution is -0.440. The van der Waals surface area contributed by atoms with Crippen molar-refractivity contribution in [2.75, 3.05) is 13.2 Å². The smallest absolute Gasteiger partial charge is 0.289 e. The van der Waals surface area contributed by atoms with Crippen molar-refractivity contribution in [2.24, 2.45) is 5.92 Å². The van der Waals surface area contributed by atoms with Crippen molar-refractivity contribution in [3.8, 4) is 0 Å². The summed E-state index contributed by atoms with van der Waals surface area (Å²) in [4.78, 5) is 18.4. The van der Waals surface area contributed by atoms with Gasteiger partial charge >= 0.3 is 0 Å². The molecule has 1 aromatic rings. The van der Waals surface area contributed by atoms with Gasteiger partial charge in [-0.25, -0.2) is 4.98 Å². The number of nitrogens with one attached hydrogen (secondary N) is 1. The van der Waals surface area contributed by atoms with Gasteiger partial charge in [0.25, 0.3) is 5.70 Å². The van der Waals surface area contributed by atoms with Crippen LogP contribution < -0.4 is 5.32 Å². The Morgan fingerprint density at radius 2 is 2.28 bits per heavy atom. The van der Waals surface area contributed by atoms with Crippen molar-refractivity contribution in [3.05, 3.63) is 37.2 Å². The fourth-order valence-corrected chi connectivity index (χ4v) is 3.98. The number of thiazole rings is 1. The van der Waals surface area contributed by atoms with Gasteiger partial charge in [0, 0.05) is 30.6 Å². The summed E-state index contributed by atoms with van der Waals surface area (Å²) in [5.74, 6) is 0.420. The largest absolute Gasteiger partial charge is 0.361 e. The minimum atomic E-state index is -0.255. The van der Waals surface area contributed by atoms with E-state index in [1.807, 2.05) is 18.7 Å². The molecule has 140 valence electrons. The molecule has 2 atom stereocenters. The number of nitro groups is 1. The van der Waals surface area contributed by atoms with Crippen LogP contribution >= 0.6 is 22.9 Å². The van der Waals surface area contributed by atoms with Crippen LogP contribution in [0.15, 0.2) is 17.7 Å². The first-order valence-corrected chi connectivity index (χ1v) is 9.82. The van der Waals surface area contributed by atoms with Gasteiger partial charge in [-0.05, 0) is 19.8 Å². The van der Waals surface area contributed by atoms with E-state index < -0.39 is 0 Å². The van der Waals surface area contributed by atoms with Crippen molar-refractivity contribution in [3.63, 3.8) is 0 Å². The molecule has 9 heteroatoms. The van der Waals surface area contributed by atoms with Crippen molar-refractivity contribution in [1.29, 1.82) is 0 Å². The van der Waals surface area contributed by atoms with E-state index in [0.29, 0.717) is 42.8 Å². The summed E-state index contributed by atoms with van der Waals surface area (Å²) < 4.78 is 6.45. The maximum absolute atomic E-state index is 11.7. The number of hydrogen-bond acceptors (Lipinski definition) is 7. The van der Waals surface area contributed by atoms with E-state index in [9.17, 15) is 10.1 Å². The van der Waals surface area contributed by atoms with Crippen LogP contribution in [0, 0.1) is 16.0 Å². The Hall–Kier alpha value is -1.38. The molecule has 0 saturated carbocycles. The molecule has 25 heavy (non-hydrogen) atoms. The lowest BCUT2D eigenvalue weighted by atomic mass is 9.93. The summed E-state index contributed by atoms with van der Waals surface area (Å²) in [6.45, 7) is 7.74. The third kappa shape index (κ3) is 4.83. The highest BCUT2D eigenvalue weighted by Crippen LogP contribution is 2.34. The van der Waals surface area contributed by atoms with Crippen LogP contribution in [0.1, 0.15) is 44.9 Å². The molecule has 0 aromatic carbocycles. The maximum Gasteiger partial charge on any atom is 0.289 e. The van der Waals surface area contributed by atoms with Gasteiger partial charge in [-0.3, -0.25) is 10.1 Å².